The van der Waals surface area contributed by atoms with Gasteiger partial charge in [0.1, 0.15) is 17.2 Å². The van der Waals surface area contributed by atoms with E-state index in [4.69, 9.17) is 19.4 Å². The van der Waals surface area contributed by atoms with Crippen LogP contribution in [0.2, 0.25) is 0 Å². The lowest BCUT2D eigenvalue weighted by Crippen LogP contribution is -2.08. The summed E-state index contributed by atoms with van der Waals surface area (Å²) in [6.07, 6.45) is 25.0. The molecule has 0 N–H and O–H groups in total. The molecular weight excluding hydrogens is 538 g/mol. The molecule has 0 amide bonds. The number of allylic oxidation sites excluding steroid dienone is 9. The first-order valence-electron chi connectivity index (χ1n) is 15.7. The van der Waals surface area contributed by atoms with Crippen LogP contribution >= 0.6 is 0 Å². The van der Waals surface area contributed by atoms with Crippen molar-refractivity contribution in [3.05, 3.63) is 144 Å². The predicted molar refractivity (Wildman–Crippen MR) is 177 cm³/mol. The molecular formula is C40H31N3O. The standard InChI is InChI=1S/C40H31N3O/c1-3-8-25(9-4-1)26-14-16-27(17-15-26)28-18-20-30(21-19-28)39-41-38(29-10-5-2-6-11-29)42-40(43-39)33-12-7-13-35-36(33)32-23-22-31-24-34(31)37(32)44-35/h1-8,10,12-23,25,29,31,34H,9,11,24H2/t25-,29?,31-,34?/m1/s1. The van der Waals surface area contributed by atoms with E-state index >= 15 is 0 Å². The molecule has 5 aromatic rings. The van der Waals surface area contributed by atoms with E-state index in [0.29, 0.717) is 29.4 Å². The zero-order chi connectivity index (χ0) is 29.0. The Morgan fingerprint density at radius 2 is 1.34 bits per heavy atom. The lowest BCUT2D eigenvalue weighted by molar-refractivity contribution is 0.545. The van der Waals surface area contributed by atoms with Gasteiger partial charge in [-0.1, -0.05) is 121 Å². The minimum atomic E-state index is 0.109. The third-order valence-corrected chi connectivity index (χ3v) is 9.47. The maximum Gasteiger partial charge on any atom is 0.164 e. The van der Waals surface area contributed by atoms with Gasteiger partial charge in [0, 0.05) is 39.8 Å². The van der Waals surface area contributed by atoms with Gasteiger partial charge in [-0.25, -0.2) is 15.0 Å². The van der Waals surface area contributed by atoms with E-state index in [9.17, 15) is 0 Å². The molecule has 2 aromatic heterocycles. The average molecular weight is 570 g/mol. The maximum atomic E-state index is 6.42. The van der Waals surface area contributed by atoms with Crippen LogP contribution in [0.3, 0.4) is 0 Å². The molecule has 0 saturated heterocycles. The Hall–Kier alpha value is -5.09. The highest BCUT2D eigenvalue weighted by Gasteiger charge is 2.43. The Labute approximate surface area is 256 Å². The molecule has 0 aliphatic heterocycles. The van der Waals surface area contributed by atoms with Crippen LogP contribution in [0.1, 0.15) is 59.7 Å². The van der Waals surface area contributed by atoms with Gasteiger partial charge in [-0.15, -0.1) is 0 Å². The normalized spacial score (nSPS) is 22.7. The van der Waals surface area contributed by atoms with Crippen LogP contribution in [0.25, 0.3) is 50.9 Å². The van der Waals surface area contributed by atoms with Crippen LogP contribution in [-0.4, -0.2) is 15.0 Å². The highest BCUT2D eigenvalue weighted by atomic mass is 16.3. The fourth-order valence-corrected chi connectivity index (χ4v) is 6.91. The largest absolute Gasteiger partial charge is 0.460 e. The van der Waals surface area contributed by atoms with Gasteiger partial charge < -0.3 is 4.42 Å². The molecule has 3 aromatic carbocycles. The smallest absolute Gasteiger partial charge is 0.164 e. The Balaban J connectivity index is 1.10. The molecule has 1 saturated carbocycles. The first-order valence-corrected chi connectivity index (χ1v) is 15.7. The van der Waals surface area contributed by atoms with Crippen LogP contribution in [-0.2, 0) is 0 Å². The summed E-state index contributed by atoms with van der Waals surface area (Å²) in [5.74, 6) is 5.00. The number of benzene rings is 3. The fourth-order valence-electron chi connectivity index (χ4n) is 6.91. The number of furan rings is 1. The van der Waals surface area contributed by atoms with Crippen LogP contribution in [0.5, 0.6) is 0 Å². The van der Waals surface area contributed by atoms with Gasteiger partial charge in [0.15, 0.2) is 11.6 Å². The highest BCUT2D eigenvalue weighted by Crippen LogP contribution is 2.55. The van der Waals surface area contributed by atoms with E-state index in [1.807, 2.05) is 0 Å². The van der Waals surface area contributed by atoms with Gasteiger partial charge in [0.05, 0.1) is 0 Å². The van der Waals surface area contributed by atoms with Gasteiger partial charge in [-0.2, -0.15) is 0 Å². The van der Waals surface area contributed by atoms with E-state index < -0.39 is 0 Å². The number of hydrogen-bond donors (Lipinski definition) is 0. The molecule has 0 spiro atoms. The predicted octanol–water partition coefficient (Wildman–Crippen LogP) is 9.95. The summed E-state index contributed by atoms with van der Waals surface area (Å²) in [5, 5.41) is 1.10. The third-order valence-electron chi connectivity index (χ3n) is 9.47. The van der Waals surface area contributed by atoms with Crippen molar-refractivity contribution in [1.82, 2.24) is 15.0 Å². The molecule has 4 atom stereocenters. The third kappa shape index (κ3) is 4.41. The zero-order valence-electron chi connectivity index (χ0n) is 24.3. The van der Waals surface area contributed by atoms with Crippen molar-refractivity contribution < 1.29 is 4.42 Å². The molecule has 0 bridgehead atoms. The van der Waals surface area contributed by atoms with Gasteiger partial charge >= 0.3 is 0 Å². The molecule has 1 fully saturated rings. The monoisotopic (exact) mass is 569 g/mol. The topological polar surface area (TPSA) is 51.8 Å². The Bertz CT molecular complexity index is 2060. The quantitative estimate of drug-likeness (QED) is 0.211. The van der Waals surface area contributed by atoms with Crippen molar-refractivity contribution in [2.24, 2.45) is 5.92 Å². The van der Waals surface area contributed by atoms with Gasteiger partial charge in [-0.3, -0.25) is 0 Å². The second-order valence-corrected chi connectivity index (χ2v) is 12.3. The fraction of sp³-hybridized carbons (Fsp3) is 0.175. The number of fused-ring (bicyclic) bond motifs is 5. The van der Waals surface area contributed by atoms with Crippen LogP contribution in [0.4, 0.5) is 0 Å². The first-order chi connectivity index (χ1) is 21.8. The molecule has 9 rings (SSSR count). The van der Waals surface area contributed by atoms with E-state index in [2.05, 4.69) is 127 Å². The Kier molecular flexibility index (Phi) is 5.93. The second kappa shape index (κ2) is 10.3. The Morgan fingerprint density at radius 3 is 2.09 bits per heavy atom. The van der Waals surface area contributed by atoms with Gasteiger partial charge in [-0.05, 0) is 47.9 Å². The lowest BCUT2D eigenvalue weighted by atomic mass is 9.91. The van der Waals surface area contributed by atoms with Crippen molar-refractivity contribution in [2.45, 2.75) is 37.0 Å². The van der Waals surface area contributed by atoms with Gasteiger partial charge in [0.2, 0.25) is 0 Å². The van der Waals surface area contributed by atoms with Crippen molar-refractivity contribution in [3.63, 3.8) is 0 Å². The molecule has 2 unspecified atom stereocenters. The molecule has 44 heavy (non-hydrogen) atoms. The summed E-state index contributed by atoms with van der Waals surface area (Å²) < 4.78 is 6.42. The Morgan fingerprint density at radius 1 is 0.636 bits per heavy atom. The number of hydrogen-bond acceptors (Lipinski definition) is 4. The molecule has 212 valence electrons. The lowest BCUT2D eigenvalue weighted by Gasteiger charge is -2.15. The average Bonchev–Trinajstić information content (AvgIpc) is 3.81. The summed E-state index contributed by atoms with van der Waals surface area (Å²) in [6, 6.07) is 23.8. The molecule has 4 nitrogen and oxygen atoms in total. The summed E-state index contributed by atoms with van der Waals surface area (Å²) in [6.45, 7) is 0. The van der Waals surface area contributed by atoms with Crippen molar-refractivity contribution >= 4 is 17.0 Å². The highest BCUT2D eigenvalue weighted by molar-refractivity contribution is 6.00. The van der Waals surface area contributed by atoms with E-state index in [1.54, 1.807) is 0 Å². The summed E-state index contributed by atoms with van der Waals surface area (Å²) >= 11 is 0. The van der Waals surface area contributed by atoms with Crippen molar-refractivity contribution in [1.29, 1.82) is 0 Å². The first kappa shape index (κ1) is 25.4. The maximum absolute atomic E-state index is 6.42. The summed E-state index contributed by atoms with van der Waals surface area (Å²) in [5.41, 5.74) is 7.79. The van der Waals surface area contributed by atoms with Crippen LogP contribution < -0.4 is 0 Å². The summed E-state index contributed by atoms with van der Waals surface area (Å²) in [7, 11) is 0. The minimum absolute atomic E-state index is 0.109. The number of aromatic nitrogens is 3. The van der Waals surface area contributed by atoms with Crippen molar-refractivity contribution in [2.75, 3.05) is 0 Å². The van der Waals surface area contributed by atoms with Crippen molar-refractivity contribution in [3.8, 4) is 33.9 Å². The molecule has 2 heterocycles. The minimum Gasteiger partial charge on any atom is -0.460 e. The SMILES string of the molecule is C1=CCC(c2nc(-c3ccc(-c4ccc([C@@H]5C=CC=CC5)cc4)cc3)nc(-c3cccc4oc5c(c34)C=C[C@@H]3CC53)n2)C=C1. The van der Waals surface area contributed by atoms with Gasteiger partial charge in [0.25, 0.3) is 0 Å². The number of nitrogens with zero attached hydrogens (tertiary/aromatic N) is 3. The van der Waals surface area contributed by atoms with E-state index in [-0.39, 0.29) is 5.92 Å². The zero-order valence-corrected chi connectivity index (χ0v) is 24.3. The molecule has 4 heteroatoms. The van der Waals surface area contributed by atoms with Crippen LogP contribution in [0.15, 0.2) is 126 Å². The molecule has 4 aliphatic carbocycles. The second-order valence-electron chi connectivity index (χ2n) is 12.3. The van der Waals surface area contributed by atoms with E-state index in [1.165, 1.54) is 28.7 Å². The van der Waals surface area contributed by atoms with E-state index in [0.717, 1.165) is 46.5 Å². The molecule has 0 radical (unpaired) electrons. The molecule has 4 aliphatic rings. The number of rotatable bonds is 5. The summed E-state index contributed by atoms with van der Waals surface area (Å²) in [4.78, 5) is 15.2. The van der Waals surface area contributed by atoms with Crippen LogP contribution in [0, 0.1) is 5.92 Å².